The van der Waals surface area contributed by atoms with Crippen molar-refractivity contribution in [3.05, 3.63) is 84.2 Å². The monoisotopic (exact) mass is 472 g/mol. The smallest absolute Gasteiger partial charge is 0.338 e. The summed E-state index contributed by atoms with van der Waals surface area (Å²) < 4.78 is 52.0. The number of esters is 1. The van der Waals surface area contributed by atoms with E-state index in [0.29, 0.717) is 5.75 Å². The van der Waals surface area contributed by atoms with Crippen LogP contribution in [0.25, 0.3) is 0 Å². The molecule has 0 fully saturated rings. The molecule has 3 aromatic rings. The van der Waals surface area contributed by atoms with Crippen LogP contribution in [0.2, 0.25) is 0 Å². The number of hydrogen-bond donors (Lipinski definition) is 2. The van der Waals surface area contributed by atoms with E-state index in [9.17, 15) is 22.4 Å². The molecular weight excluding hydrogens is 451 g/mol. The van der Waals surface area contributed by atoms with Gasteiger partial charge in [0.25, 0.3) is 15.9 Å². The Bertz CT molecular complexity index is 1280. The van der Waals surface area contributed by atoms with Crippen LogP contribution in [0, 0.1) is 5.82 Å². The van der Waals surface area contributed by atoms with E-state index < -0.39 is 33.8 Å². The van der Waals surface area contributed by atoms with Gasteiger partial charge in [-0.05, 0) is 49.4 Å². The van der Waals surface area contributed by atoms with Gasteiger partial charge in [-0.2, -0.15) is 0 Å². The number of anilines is 2. The Hall–Kier alpha value is -3.92. The van der Waals surface area contributed by atoms with Crippen molar-refractivity contribution in [3.63, 3.8) is 0 Å². The van der Waals surface area contributed by atoms with Crippen LogP contribution >= 0.6 is 0 Å². The molecule has 0 aliphatic carbocycles. The van der Waals surface area contributed by atoms with Crippen LogP contribution < -0.4 is 14.8 Å². The fraction of sp³-hybridized carbons (Fsp3) is 0.130. The fourth-order valence-electron chi connectivity index (χ4n) is 2.80. The highest BCUT2D eigenvalue weighted by molar-refractivity contribution is 7.92. The Morgan fingerprint density at radius 1 is 0.939 bits per heavy atom. The van der Waals surface area contributed by atoms with E-state index in [-0.39, 0.29) is 21.8 Å². The molecule has 10 heteroatoms. The molecule has 0 bridgehead atoms. The molecule has 0 heterocycles. The van der Waals surface area contributed by atoms with Gasteiger partial charge in [0.1, 0.15) is 11.6 Å². The summed E-state index contributed by atoms with van der Waals surface area (Å²) in [6.07, 6.45) is -1.26. The van der Waals surface area contributed by atoms with Gasteiger partial charge >= 0.3 is 5.97 Å². The first-order valence-corrected chi connectivity index (χ1v) is 11.2. The minimum atomic E-state index is -4.05. The lowest BCUT2D eigenvalue weighted by molar-refractivity contribution is -0.123. The van der Waals surface area contributed by atoms with Gasteiger partial charge in [-0.15, -0.1) is 0 Å². The van der Waals surface area contributed by atoms with Crippen LogP contribution in [0.1, 0.15) is 17.3 Å². The Morgan fingerprint density at radius 3 is 2.30 bits per heavy atom. The van der Waals surface area contributed by atoms with Crippen LogP contribution in [0.3, 0.4) is 0 Å². The molecule has 0 aromatic heterocycles. The largest absolute Gasteiger partial charge is 0.495 e. The summed E-state index contributed by atoms with van der Waals surface area (Å²) in [4.78, 5) is 24.6. The first-order chi connectivity index (χ1) is 15.7. The summed E-state index contributed by atoms with van der Waals surface area (Å²) >= 11 is 0. The number of benzene rings is 3. The SMILES string of the molecule is COc1ccccc1NS(=O)(=O)c1cccc(C(=O)OC(C)C(=O)Nc2ccccc2F)c1. The normalized spacial score (nSPS) is 11.8. The highest BCUT2D eigenvalue weighted by atomic mass is 32.2. The van der Waals surface area contributed by atoms with Gasteiger partial charge in [0.2, 0.25) is 0 Å². The van der Waals surface area contributed by atoms with E-state index in [1.807, 2.05) is 0 Å². The summed E-state index contributed by atoms with van der Waals surface area (Å²) in [5, 5.41) is 2.33. The number of hydrogen-bond acceptors (Lipinski definition) is 6. The average Bonchev–Trinajstić information content (AvgIpc) is 2.80. The second-order valence-electron chi connectivity index (χ2n) is 6.85. The Labute approximate surface area is 190 Å². The molecular formula is C23H21FN2O6S. The van der Waals surface area contributed by atoms with E-state index >= 15 is 0 Å². The lowest BCUT2D eigenvalue weighted by Crippen LogP contribution is -2.30. The van der Waals surface area contributed by atoms with Crippen molar-refractivity contribution in [2.75, 3.05) is 17.1 Å². The quantitative estimate of drug-likeness (QED) is 0.482. The maximum atomic E-state index is 13.7. The number of halogens is 1. The topological polar surface area (TPSA) is 111 Å². The zero-order valence-electron chi connectivity index (χ0n) is 17.7. The number of rotatable bonds is 8. The number of methoxy groups -OCH3 is 1. The lowest BCUT2D eigenvalue weighted by Gasteiger charge is -2.15. The number of sulfonamides is 1. The van der Waals surface area contributed by atoms with Gasteiger partial charge in [0.05, 0.1) is 28.9 Å². The maximum absolute atomic E-state index is 13.7. The summed E-state index contributed by atoms with van der Waals surface area (Å²) in [6.45, 7) is 1.32. The molecule has 0 spiro atoms. The minimum Gasteiger partial charge on any atom is -0.495 e. The molecule has 0 aliphatic heterocycles. The highest BCUT2D eigenvalue weighted by Gasteiger charge is 2.22. The van der Waals surface area contributed by atoms with E-state index in [0.717, 1.165) is 6.07 Å². The number of ether oxygens (including phenoxy) is 2. The van der Waals surface area contributed by atoms with Crippen molar-refractivity contribution in [2.45, 2.75) is 17.9 Å². The van der Waals surface area contributed by atoms with Crippen LogP contribution in [0.15, 0.2) is 77.7 Å². The van der Waals surface area contributed by atoms with Crippen molar-refractivity contribution in [2.24, 2.45) is 0 Å². The number of amides is 1. The van der Waals surface area contributed by atoms with E-state index in [1.54, 1.807) is 24.3 Å². The van der Waals surface area contributed by atoms with Gasteiger partial charge < -0.3 is 14.8 Å². The predicted molar refractivity (Wildman–Crippen MR) is 120 cm³/mol. The zero-order valence-corrected chi connectivity index (χ0v) is 18.6. The standard InChI is InChI=1S/C23H21FN2O6S/c1-15(22(27)25-19-11-4-3-10-18(19)24)32-23(28)16-8-7-9-17(14-16)33(29,30)26-20-12-5-6-13-21(20)31-2/h3-15,26H,1-2H3,(H,25,27). The Morgan fingerprint density at radius 2 is 1.61 bits per heavy atom. The maximum Gasteiger partial charge on any atom is 0.338 e. The Kier molecular flexibility index (Phi) is 7.29. The molecule has 2 N–H and O–H groups in total. The molecule has 0 saturated carbocycles. The third-order valence-corrected chi connectivity index (χ3v) is 5.88. The number of carbonyl (C=O) groups is 2. The molecule has 0 aliphatic rings. The minimum absolute atomic E-state index is 0.0547. The lowest BCUT2D eigenvalue weighted by atomic mass is 10.2. The number of nitrogens with one attached hydrogen (secondary N) is 2. The number of para-hydroxylation sites is 3. The predicted octanol–water partition coefficient (Wildman–Crippen LogP) is 3.82. The number of carbonyl (C=O) groups excluding carboxylic acids is 2. The van der Waals surface area contributed by atoms with Gasteiger partial charge in [0, 0.05) is 0 Å². The summed E-state index contributed by atoms with van der Waals surface area (Å²) in [7, 11) is -2.64. The third-order valence-electron chi connectivity index (χ3n) is 4.52. The molecule has 33 heavy (non-hydrogen) atoms. The van der Waals surface area contributed by atoms with E-state index in [2.05, 4.69) is 10.0 Å². The van der Waals surface area contributed by atoms with Gasteiger partial charge in [-0.25, -0.2) is 17.6 Å². The zero-order chi connectivity index (χ0) is 24.0. The first kappa shape index (κ1) is 23.7. The third kappa shape index (κ3) is 5.86. The van der Waals surface area contributed by atoms with Crippen molar-refractivity contribution in [1.29, 1.82) is 0 Å². The van der Waals surface area contributed by atoms with Crippen LogP contribution in [0.4, 0.5) is 15.8 Å². The second-order valence-corrected chi connectivity index (χ2v) is 8.53. The average molecular weight is 472 g/mol. The van der Waals surface area contributed by atoms with Gasteiger partial charge in [-0.1, -0.05) is 30.3 Å². The molecule has 1 amide bonds. The molecule has 1 atom stereocenters. The molecule has 3 aromatic carbocycles. The Balaban J connectivity index is 1.72. The van der Waals surface area contributed by atoms with E-state index in [1.165, 1.54) is 56.5 Å². The van der Waals surface area contributed by atoms with Crippen LogP contribution in [-0.4, -0.2) is 33.5 Å². The molecule has 8 nitrogen and oxygen atoms in total. The summed E-state index contributed by atoms with van der Waals surface area (Å²) in [6, 6.07) is 17.2. The van der Waals surface area contributed by atoms with Gasteiger partial charge in [-0.3, -0.25) is 9.52 Å². The molecule has 0 saturated heterocycles. The van der Waals surface area contributed by atoms with Crippen LogP contribution in [-0.2, 0) is 19.6 Å². The fourth-order valence-corrected chi connectivity index (χ4v) is 3.92. The van der Waals surface area contributed by atoms with Crippen LogP contribution in [0.5, 0.6) is 5.75 Å². The second kappa shape index (κ2) is 10.1. The molecule has 0 radical (unpaired) electrons. The molecule has 172 valence electrons. The van der Waals surface area contributed by atoms with Crippen molar-refractivity contribution >= 4 is 33.3 Å². The molecule has 1 unspecified atom stereocenters. The first-order valence-electron chi connectivity index (χ1n) is 9.73. The highest BCUT2D eigenvalue weighted by Crippen LogP contribution is 2.26. The van der Waals surface area contributed by atoms with Crippen molar-refractivity contribution in [3.8, 4) is 5.75 Å². The van der Waals surface area contributed by atoms with E-state index in [4.69, 9.17) is 9.47 Å². The summed E-state index contributed by atoms with van der Waals surface area (Å²) in [5.74, 6) is -1.97. The van der Waals surface area contributed by atoms with Crippen molar-refractivity contribution < 1.29 is 31.9 Å². The molecule has 3 rings (SSSR count). The van der Waals surface area contributed by atoms with Gasteiger partial charge in [0.15, 0.2) is 6.10 Å². The summed E-state index contributed by atoms with van der Waals surface area (Å²) in [5.41, 5.74) is 0.0933. The van der Waals surface area contributed by atoms with Crippen molar-refractivity contribution in [1.82, 2.24) is 0 Å².